The van der Waals surface area contributed by atoms with Gasteiger partial charge in [-0.05, 0) is 0 Å². The highest BCUT2D eigenvalue weighted by Crippen LogP contribution is 2.19. The van der Waals surface area contributed by atoms with Crippen molar-refractivity contribution >= 4 is 19.4 Å². The molecule has 0 aliphatic rings. The molecule has 0 rings (SSSR count). The average Bonchev–Trinajstić information content (AvgIpc) is 1.68. The van der Waals surface area contributed by atoms with Crippen LogP contribution in [-0.2, 0) is 4.57 Å². The zero-order valence-electron chi connectivity index (χ0n) is 3.80. The summed E-state index contributed by atoms with van der Waals surface area (Å²) >= 11 is 5.14. The van der Waals surface area contributed by atoms with Gasteiger partial charge in [-0.15, -0.1) is 0 Å². The normalized spacial score (nSPS) is 11.4. The first kappa shape index (κ1) is 7.35. The first-order chi connectivity index (χ1) is 3.31. The number of hydrogen-bond donors (Lipinski definition) is 1. The van der Waals surface area contributed by atoms with E-state index >= 15 is 0 Å². The van der Waals surface area contributed by atoms with Crippen molar-refractivity contribution in [2.75, 3.05) is 18.4 Å². The Morgan fingerprint density at radius 1 is 1.71 bits per heavy atom. The van der Waals surface area contributed by atoms with Crippen molar-refractivity contribution in [3.05, 3.63) is 0 Å². The predicted octanol–water partition coefficient (Wildman–Crippen LogP) is 1.00. The first-order valence-corrected chi connectivity index (χ1v) is 4.06. The summed E-state index contributed by atoms with van der Waals surface area (Å²) < 4.78 is 10.3. The fourth-order valence-corrected chi connectivity index (χ4v) is 0.872. The second kappa shape index (κ2) is 4.51. The van der Waals surface area contributed by atoms with Crippen LogP contribution in [0.15, 0.2) is 0 Å². The average molecular weight is 142 g/mol. The molecule has 4 heteroatoms. The highest BCUT2D eigenvalue weighted by molar-refractivity contribution is 7.46. The van der Waals surface area contributed by atoms with E-state index in [1.165, 1.54) is 0 Å². The minimum Gasteiger partial charge on any atom is -0.392 e. The van der Waals surface area contributed by atoms with E-state index in [9.17, 15) is 4.57 Å². The third-order valence-electron chi connectivity index (χ3n) is 0.483. The Labute approximate surface area is 48.3 Å². The minimum atomic E-state index is -1.31. The largest absolute Gasteiger partial charge is 0.392 e. The van der Waals surface area contributed by atoms with Crippen molar-refractivity contribution in [3.8, 4) is 0 Å². The van der Waals surface area contributed by atoms with Gasteiger partial charge in [0.15, 0.2) is 6.16 Å². The maximum absolute atomic E-state index is 10.3. The quantitative estimate of drug-likeness (QED) is 0.470. The van der Waals surface area contributed by atoms with Crippen molar-refractivity contribution < 1.29 is 9.67 Å². The van der Waals surface area contributed by atoms with Gasteiger partial charge >= 0.3 is 7.80 Å². The number of hydrogen-bond acceptors (Lipinski definition) is 2. The molecule has 0 aliphatic carbocycles. The van der Waals surface area contributed by atoms with Gasteiger partial charge in [-0.1, -0.05) is 16.2 Å². The number of aliphatic hydroxyl groups excluding tert-OH is 1. The van der Waals surface area contributed by atoms with Gasteiger partial charge in [0.05, 0.1) is 6.61 Å². The summed E-state index contributed by atoms with van der Waals surface area (Å²) in [5.41, 5.74) is 0.163. The van der Waals surface area contributed by atoms with E-state index in [0.29, 0.717) is 6.16 Å². The Morgan fingerprint density at radius 2 is 2.29 bits per heavy atom. The molecule has 0 aliphatic heterocycles. The zero-order valence-corrected chi connectivity index (χ0v) is 5.45. The molecule has 0 aromatic rings. The molecule has 0 saturated heterocycles. The molecular weight excluding hydrogens is 134 g/mol. The van der Waals surface area contributed by atoms with Gasteiger partial charge in [0.2, 0.25) is 5.62 Å². The van der Waals surface area contributed by atoms with E-state index in [1.54, 1.807) is 0 Å². The van der Waals surface area contributed by atoms with Gasteiger partial charge in [0.25, 0.3) is 0 Å². The lowest BCUT2D eigenvalue weighted by atomic mass is 10.9. The van der Waals surface area contributed by atoms with Crippen molar-refractivity contribution in [3.63, 3.8) is 0 Å². The van der Waals surface area contributed by atoms with E-state index in [0.717, 1.165) is 0 Å². The number of halogens is 1. The van der Waals surface area contributed by atoms with Crippen LogP contribution in [0.3, 0.4) is 0 Å². The maximum atomic E-state index is 10.3. The van der Waals surface area contributed by atoms with E-state index in [1.807, 2.05) is 0 Å². The van der Waals surface area contributed by atoms with Crippen molar-refractivity contribution in [2.24, 2.45) is 0 Å². The molecule has 0 radical (unpaired) electrons. The van der Waals surface area contributed by atoms with Crippen molar-refractivity contribution in [1.82, 2.24) is 0 Å². The topological polar surface area (TPSA) is 37.3 Å². The van der Waals surface area contributed by atoms with E-state index in [-0.39, 0.29) is 12.2 Å². The van der Waals surface area contributed by atoms with Crippen LogP contribution in [0, 0.1) is 0 Å². The molecule has 2 nitrogen and oxygen atoms in total. The molecule has 0 heterocycles. The standard InChI is InChI=1S/C3H7ClO2P/c4-3-7(6)2-1-5/h5H,1-3H2/q+1. The molecule has 42 valence electrons. The molecule has 0 spiro atoms. The number of alkyl halides is 1. The number of rotatable bonds is 3. The highest BCUT2D eigenvalue weighted by atomic mass is 35.5. The summed E-state index contributed by atoms with van der Waals surface area (Å²) in [7, 11) is -1.31. The van der Waals surface area contributed by atoms with E-state index in [4.69, 9.17) is 16.7 Å². The van der Waals surface area contributed by atoms with Gasteiger partial charge in [-0.25, -0.2) is 0 Å². The third kappa shape index (κ3) is 4.20. The molecule has 0 fully saturated rings. The summed E-state index contributed by atoms with van der Waals surface area (Å²) in [5, 5.41) is 8.13. The molecule has 0 bridgehead atoms. The Balaban J connectivity index is 3.00. The second-order valence-electron chi connectivity index (χ2n) is 1.05. The van der Waals surface area contributed by atoms with Crippen LogP contribution in [0.5, 0.6) is 0 Å². The van der Waals surface area contributed by atoms with Gasteiger partial charge in [-0.3, -0.25) is 0 Å². The van der Waals surface area contributed by atoms with Crippen LogP contribution >= 0.6 is 19.4 Å². The van der Waals surface area contributed by atoms with Crippen molar-refractivity contribution in [2.45, 2.75) is 0 Å². The summed E-state index contributed by atoms with van der Waals surface area (Å²) in [6.07, 6.45) is 0.332. The lowest BCUT2D eigenvalue weighted by Gasteiger charge is -1.73. The van der Waals surface area contributed by atoms with Gasteiger partial charge in [0, 0.05) is 0 Å². The fraction of sp³-hybridized carbons (Fsp3) is 1.00. The molecule has 7 heavy (non-hydrogen) atoms. The third-order valence-corrected chi connectivity index (χ3v) is 2.25. The van der Waals surface area contributed by atoms with Crippen LogP contribution in [0.1, 0.15) is 0 Å². The monoisotopic (exact) mass is 141 g/mol. The summed E-state index contributed by atoms with van der Waals surface area (Å²) in [4.78, 5) is 0. The minimum absolute atomic E-state index is 0.0259. The van der Waals surface area contributed by atoms with E-state index in [2.05, 4.69) is 0 Å². The number of aliphatic hydroxyl groups is 1. The molecule has 0 aromatic heterocycles. The van der Waals surface area contributed by atoms with Crippen LogP contribution in [-0.4, -0.2) is 23.5 Å². The van der Waals surface area contributed by atoms with Gasteiger partial charge in [-0.2, -0.15) is 0 Å². The predicted molar refractivity (Wildman–Crippen MR) is 30.3 cm³/mol. The molecule has 1 atom stereocenters. The SMILES string of the molecule is O=[P+](CCl)CCO. The Hall–Kier alpha value is 0.350. The summed E-state index contributed by atoms with van der Waals surface area (Å²) in [5.74, 6) is 0. The maximum Gasteiger partial charge on any atom is 0.356 e. The van der Waals surface area contributed by atoms with Crippen molar-refractivity contribution in [1.29, 1.82) is 0 Å². The summed E-state index contributed by atoms with van der Waals surface area (Å²) in [6.45, 7) is -0.0259. The van der Waals surface area contributed by atoms with Gasteiger partial charge in [0.1, 0.15) is 0 Å². The smallest absolute Gasteiger partial charge is 0.356 e. The first-order valence-electron chi connectivity index (χ1n) is 1.90. The fourth-order valence-electron chi connectivity index (χ4n) is 0.171. The highest BCUT2D eigenvalue weighted by Gasteiger charge is 2.08. The Morgan fingerprint density at radius 3 is 2.43 bits per heavy atom. The lowest BCUT2D eigenvalue weighted by molar-refractivity contribution is 0.320. The van der Waals surface area contributed by atoms with Crippen LogP contribution in [0.4, 0.5) is 0 Å². The molecule has 0 saturated carbocycles. The van der Waals surface area contributed by atoms with Crippen LogP contribution < -0.4 is 0 Å². The van der Waals surface area contributed by atoms with Crippen LogP contribution in [0.25, 0.3) is 0 Å². The Kier molecular flexibility index (Phi) is 4.73. The van der Waals surface area contributed by atoms with Gasteiger partial charge < -0.3 is 5.11 Å². The second-order valence-corrected chi connectivity index (χ2v) is 3.42. The molecular formula is C3H7ClO2P+. The van der Waals surface area contributed by atoms with Crippen LogP contribution in [0.2, 0.25) is 0 Å². The zero-order chi connectivity index (χ0) is 5.70. The molecule has 1 unspecified atom stereocenters. The van der Waals surface area contributed by atoms with E-state index < -0.39 is 7.80 Å². The molecule has 1 N–H and O–H groups in total. The molecule has 0 amide bonds. The Bertz CT molecular complexity index is 66.0. The summed E-state index contributed by atoms with van der Waals surface area (Å²) in [6, 6.07) is 0. The lowest BCUT2D eigenvalue weighted by Crippen LogP contribution is -1.84. The molecule has 0 aromatic carbocycles.